The van der Waals surface area contributed by atoms with Gasteiger partial charge in [-0.15, -0.1) is 0 Å². The highest BCUT2D eigenvalue weighted by molar-refractivity contribution is 5.81. The van der Waals surface area contributed by atoms with Crippen LogP contribution in [0.3, 0.4) is 0 Å². The Labute approximate surface area is 218 Å². The smallest absolute Gasteiger partial charge is 0.410 e. The number of hydrogen-bond donors (Lipinski definition) is 0. The third-order valence-electron chi connectivity index (χ3n) is 7.06. The van der Waals surface area contributed by atoms with Crippen molar-refractivity contribution in [2.75, 3.05) is 20.3 Å². The van der Waals surface area contributed by atoms with Gasteiger partial charge in [-0.05, 0) is 24.7 Å². The molecule has 0 saturated heterocycles. The fourth-order valence-corrected chi connectivity index (χ4v) is 4.56. The lowest BCUT2D eigenvalue weighted by Gasteiger charge is -2.29. The van der Waals surface area contributed by atoms with Crippen LogP contribution in [0.5, 0.6) is 0 Å². The first kappa shape index (κ1) is 33.7. The second kappa shape index (κ2) is 23.2. The first-order valence-corrected chi connectivity index (χ1v) is 14.9. The molecule has 0 aromatic heterocycles. The Morgan fingerprint density at radius 1 is 0.686 bits per heavy atom. The van der Waals surface area contributed by atoms with Crippen molar-refractivity contribution in [2.45, 2.75) is 150 Å². The number of rotatable bonds is 23. The average Bonchev–Trinajstić information content (AvgIpc) is 2.84. The lowest BCUT2D eigenvalue weighted by Crippen LogP contribution is -2.47. The van der Waals surface area contributed by atoms with E-state index in [0.29, 0.717) is 19.1 Å². The molecular formula is C30H59NO4. The van der Waals surface area contributed by atoms with Gasteiger partial charge < -0.3 is 9.47 Å². The van der Waals surface area contributed by atoms with Crippen molar-refractivity contribution in [1.82, 2.24) is 4.90 Å². The van der Waals surface area contributed by atoms with Gasteiger partial charge in [-0.3, -0.25) is 4.90 Å². The fourth-order valence-electron chi connectivity index (χ4n) is 4.56. The monoisotopic (exact) mass is 497 g/mol. The van der Waals surface area contributed by atoms with Crippen LogP contribution in [0.25, 0.3) is 0 Å². The molecule has 0 bridgehead atoms. The molecule has 0 aliphatic heterocycles. The van der Waals surface area contributed by atoms with E-state index in [2.05, 4.69) is 20.8 Å². The molecular weight excluding hydrogens is 438 g/mol. The van der Waals surface area contributed by atoms with Gasteiger partial charge in [-0.2, -0.15) is 0 Å². The average molecular weight is 498 g/mol. The Morgan fingerprint density at radius 2 is 1.17 bits per heavy atom. The third-order valence-corrected chi connectivity index (χ3v) is 7.06. The van der Waals surface area contributed by atoms with Gasteiger partial charge in [-0.1, -0.05) is 131 Å². The lowest BCUT2D eigenvalue weighted by molar-refractivity contribution is -0.150. The molecule has 0 aliphatic rings. The summed E-state index contributed by atoms with van der Waals surface area (Å²) in [6.45, 7) is 11.3. The molecule has 0 aromatic carbocycles. The standard InChI is InChI=1S/C30H59NO4/c1-7-10-12-13-14-15-16-17-18-19-20-21-22-24-34-29(32)28(26(4)5)31(6)30(33)35-25-27(9-3)23-11-8-2/h26-28H,7-25H2,1-6H3. The molecule has 0 heterocycles. The summed E-state index contributed by atoms with van der Waals surface area (Å²) in [6, 6.07) is -0.611. The number of esters is 1. The number of hydrogen-bond acceptors (Lipinski definition) is 4. The summed E-state index contributed by atoms with van der Waals surface area (Å²) in [4.78, 5) is 26.7. The summed E-state index contributed by atoms with van der Waals surface area (Å²) in [5.74, 6) is 0.0254. The minimum Gasteiger partial charge on any atom is -0.464 e. The number of ether oxygens (including phenoxy) is 2. The summed E-state index contributed by atoms with van der Waals surface area (Å²) < 4.78 is 11.1. The van der Waals surface area contributed by atoms with Gasteiger partial charge in [-0.25, -0.2) is 9.59 Å². The zero-order valence-corrected chi connectivity index (χ0v) is 24.2. The Bertz CT molecular complexity index is 509. The fraction of sp³-hybridized carbons (Fsp3) is 0.933. The van der Waals surface area contributed by atoms with Gasteiger partial charge in [0.05, 0.1) is 13.2 Å². The predicted octanol–water partition coefficient (Wildman–Crippen LogP) is 8.93. The number of amides is 1. The molecule has 0 spiro atoms. The molecule has 208 valence electrons. The first-order valence-electron chi connectivity index (χ1n) is 14.9. The molecule has 35 heavy (non-hydrogen) atoms. The highest BCUT2D eigenvalue weighted by Gasteiger charge is 2.32. The van der Waals surface area contributed by atoms with Crippen LogP contribution < -0.4 is 0 Å². The summed E-state index contributed by atoms with van der Waals surface area (Å²) in [6.07, 6.45) is 20.7. The molecule has 0 fully saturated rings. The minimum atomic E-state index is -0.611. The molecule has 5 heteroatoms. The van der Waals surface area contributed by atoms with E-state index < -0.39 is 12.1 Å². The second-order valence-corrected chi connectivity index (χ2v) is 10.7. The van der Waals surface area contributed by atoms with Gasteiger partial charge in [0.15, 0.2) is 0 Å². The Kier molecular flexibility index (Phi) is 22.3. The van der Waals surface area contributed by atoms with E-state index in [0.717, 1.165) is 38.5 Å². The van der Waals surface area contributed by atoms with E-state index in [4.69, 9.17) is 9.47 Å². The molecule has 0 radical (unpaired) electrons. The quantitative estimate of drug-likeness (QED) is 0.104. The van der Waals surface area contributed by atoms with Crippen molar-refractivity contribution in [1.29, 1.82) is 0 Å². The SMILES string of the molecule is CCCCCCCCCCCCCCCOC(=O)C(C(C)C)N(C)C(=O)OCC(CC)CCCC. The van der Waals surface area contributed by atoms with Gasteiger partial charge in [0.2, 0.25) is 0 Å². The van der Waals surface area contributed by atoms with E-state index in [1.165, 1.54) is 75.5 Å². The number of carbonyl (C=O) groups excluding carboxylic acids is 2. The lowest BCUT2D eigenvalue weighted by atomic mass is 10.0. The topological polar surface area (TPSA) is 55.8 Å². The maximum Gasteiger partial charge on any atom is 0.410 e. The van der Waals surface area contributed by atoms with E-state index in [9.17, 15) is 9.59 Å². The van der Waals surface area contributed by atoms with Crippen LogP contribution >= 0.6 is 0 Å². The predicted molar refractivity (Wildman–Crippen MR) is 148 cm³/mol. The van der Waals surface area contributed by atoms with Gasteiger partial charge in [0.1, 0.15) is 6.04 Å². The van der Waals surface area contributed by atoms with Crippen LogP contribution in [-0.2, 0) is 14.3 Å². The van der Waals surface area contributed by atoms with E-state index in [-0.39, 0.29) is 11.9 Å². The van der Waals surface area contributed by atoms with Gasteiger partial charge >= 0.3 is 12.1 Å². The van der Waals surface area contributed by atoms with Crippen molar-refractivity contribution in [3.63, 3.8) is 0 Å². The normalized spacial score (nSPS) is 13.0. The van der Waals surface area contributed by atoms with Gasteiger partial charge in [0.25, 0.3) is 0 Å². The highest BCUT2D eigenvalue weighted by atomic mass is 16.6. The molecule has 0 N–H and O–H groups in total. The largest absolute Gasteiger partial charge is 0.464 e. The van der Waals surface area contributed by atoms with E-state index in [1.54, 1.807) is 7.05 Å². The molecule has 0 aliphatic carbocycles. The summed E-state index contributed by atoms with van der Waals surface area (Å²) in [7, 11) is 1.65. The summed E-state index contributed by atoms with van der Waals surface area (Å²) >= 11 is 0. The first-order chi connectivity index (χ1) is 16.9. The van der Waals surface area contributed by atoms with Crippen molar-refractivity contribution >= 4 is 12.1 Å². The van der Waals surface area contributed by atoms with Crippen LogP contribution in [0.15, 0.2) is 0 Å². The van der Waals surface area contributed by atoms with E-state index in [1.807, 2.05) is 13.8 Å². The van der Waals surface area contributed by atoms with Crippen LogP contribution in [0, 0.1) is 11.8 Å². The van der Waals surface area contributed by atoms with Crippen molar-refractivity contribution in [3.8, 4) is 0 Å². The van der Waals surface area contributed by atoms with E-state index >= 15 is 0 Å². The molecule has 0 saturated carbocycles. The van der Waals surface area contributed by atoms with Crippen LogP contribution in [0.1, 0.15) is 144 Å². The van der Waals surface area contributed by atoms with Crippen molar-refractivity contribution in [3.05, 3.63) is 0 Å². The zero-order valence-electron chi connectivity index (χ0n) is 24.2. The summed E-state index contributed by atoms with van der Waals surface area (Å²) in [5, 5.41) is 0. The number of nitrogens with zero attached hydrogens (tertiary/aromatic N) is 1. The Morgan fingerprint density at radius 3 is 1.63 bits per heavy atom. The Balaban J connectivity index is 4.03. The van der Waals surface area contributed by atoms with Crippen molar-refractivity contribution in [2.24, 2.45) is 11.8 Å². The number of unbranched alkanes of at least 4 members (excludes halogenated alkanes) is 13. The third kappa shape index (κ3) is 17.8. The van der Waals surface area contributed by atoms with Crippen LogP contribution in [-0.4, -0.2) is 43.3 Å². The Hall–Kier alpha value is -1.26. The maximum atomic E-state index is 12.7. The molecule has 2 atom stereocenters. The zero-order chi connectivity index (χ0) is 26.3. The summed E-state index contributed by atoms with van der Waals surface area (Å²) in [5.41, 5.74) is 0. The maximum absolute atomic E-state index is 12.7. The van der Waals surface area contributed by atoms with Crippen molar-refractivity contribution < 1.29 is 19.1 Å². The second-order valence-electron chi connectivity index (χ2n) is 10.7. The minimum absolute atomic E-state index is 0.0336. The van der Waals surface area contributed by atoms with Gasteiger partial charge in [0, 0.05) is 7.05 Å². The van der Waals surface area contributed by atoms with Crippen LogP contribution in [0.4, 0.5) is 4.79 Å². The molecule has 1 amide bonds. The molecule has 5 nitrogen and oxygen atoms in total. The molecule has 0 rings (SSSR count). The van der Waals surface area contributed by atoms with Crippen LogP contribution in [0.2, 0.25) is 0 Å². The molecule has 2 unspecified atom stereocenters. The number of likely N-dealkylation sites (N-methyl/N-ethyl adjacent to an activating group) is 1. The number of carbonyl (C=O) groups is 2. The molecule has 0 aromatic rings. The highest BCUT2D eigenvalue weighted by Crippen LogP contribution is 2.17.